The van der Waals surface area contributed by atoms with Gasteiger partial charge in [-0.3, -0.25) is 19.9 Å². The summed E-state index contributed by atoms with van der Waals surface area (Å²) in [5, 5.41) is 14.9. The molecule has 0 atom stereocenters. The molecular formula is C17H19N5O3. The number of nitro benzene ring substituents is 1. The number of non-ortho nitro benzene ring substituents is 1. The van der Waals surface area contributed by atoms with Crippen molar-refractivity contribution >= 4 is 23.5 Å². The van der Waals surface area contributed by atoms with Crippen LogP contribution < -0.4 is 10.3 Å². The quantitative estimate of drug-likeness (QED) is 0.474. The van der Waals surface area contributed by atoms with Crippen LogP contribution in [0.5, 0.6) is 0 Å². The molecule has 1 N–H and O–H groups in total. The van der Waals surface area contributed by atoms with Crippen LogP contribution >= 0.6 is 0 Å². The Bertz CT molecular complexity index is 773. The summed E-state index contributed by atoms with van der Waals surface area (Å²) in [7, 11) is 0. The van der Waals surface area contributed by atoms with Crippen LogP contribution in [0.15, 0.2) is 47.8 Å². The average molecular weight is 341 g/mol. The number of nitrogens with one attached hydrogen (secondary N) is 1. The number of rotatable bonds is 7. The molecule has 2 aromatic rings. The molecular weight excluding hydrogens is 322 g/mol. The number of carbonyl (C=O) groups is 1. The first-order valence-electron chi connectivity index (χ1n) is 7.83. The number of pyridine rings is 1. The number of anilines is 1. The molecule has 1 heterocycles. The zero-order valence-corrected chi connectivity index (χ0v) is 14.0. The van der Waals surface area contributed by atoms with E-state index >= 15 is 0 Å². The molecule has 130 valence electrons. The number of aromatic nitrogens is 1. The summed E-state index contributed by atoms with van der Waals surface area (Å²) in [5.74, 6) is -0.404. The van der Waals surface area contributed by atoms with E-state index in [2.05, 4.69) is 15.5 Å². The molecule has 1 aromatic heterocycles. The van der Waals surface area contributed by atoms with Crippen LogP contribution in [0.1, 0.15) is 29.8 Å². The van der Waals surface area contributed by atoms with Crippen LogP contribution in [-0.4, -0.2) is 35.1 Å². The summed E-state index contributed by atoms with van der Waals surface area (Å²) >= 11 is 0. The molecule has 8 nitrogen and oxygen atoms in total. The van der Waals surface area contributed by atoms with Gasteiger partial charge in [-0.1, -0.05) is 0 Å². The van der Waals surface area contributed by atoms with Crippen LogP contribution in [0.3, 0.4) is 0 Å². The van der Waals surface area contributed by atoms with Crippen molar-refractivity contribution in [2.75, 3.05) is 18.0 Å². The highest BCUT2D eigenvalue weighted by Gasteiger charge is 2.13. The van der Waals surface area contributed by atoms with Crippen molar-refractivity contribution < 1.29 is 9.72 Å². The highest BCUT2D eigenvalue weighted by molar-refractivity contribution is 5.95. The van der Waals surface area contributed by atoms with Crippen molar-refractivity contribution in [3.63, 3.8) is 0 Å². The van der Waals surface area contributed by atoms with Crippen LogP contribution in [0, 0.1) is 10.1 Å². The minimum Gasteiger partial charge on any atom is -0.372 e. The van der Waals surface area contributed by atoms with E-state index in [0.717, 1.165) is 18.8 Å². The van der Waals surface area contributed by atoms with Gasteiger partial charge >= 0.3 is 0 Å². The Hall–Kier alpha value is -3.29. The van der Waals surface area contributed by atoms with Gasteiger partial charge in [0.15, 0.2) is 0 Å². The Balaban J connectivity index is 2.24. The predicted molar refractivity (Wildman–Crippen MR) is 96.0 cm³/mol. The van der Waals surface area contributed by atoms with E-state index in [1.165, 1.54) is 24.5 Å². The maximum absolute atomic E-state index is 12.0. The van der Waals surface area contributed by atoms with Crippen LogP contribution in [-0.2, 0) is 0 Å². The van der Waals surface area contributed by atoms with Gasteiger partial charge < -0.3 is 4.90 Å². The Morgan fingerprint density at radius 3 is 2.72 bits per heavy atom. The molecule has 1 aromatic carbocycles. The number of hydrazone groups is 1. The second-order valence-corrected chi connectivity index (χ2v) is 5.11. The van der Waals surface area contributed by atoms with E-state index in [1.807, 2.05) is 18.7 Å². The average Bonchev–Trinajstić information content (AvgIpc) is 2.64. The van der Waals surface area contributed by atoms with E-state index in [-0.39, 0.29) is 5.69 Å². The molecule has 1 amide bonds. The lowest BCUT2D eigenvalue weighted by atomic mass is 10.1. The summed E-state index contributed by atoms with van der Waals surface area (Å²) < 4.78 is 0. The number of hydrogen-bond donors (Lipinski definition) is 1. The molecule has 0 bridgehead atoms. The lowest BCUT2D eigenvalue weighted by molar-refractivity contribution is -0.384. The Kier molecular flexibility index (Phi) is 6.16. The van der Waals surface area contributed by atoms with Gasteiger partial charge in [0.05, 0.1) is 16.7 Å². The maximum atomic E-state index is 12.0. The highest BCUT2D eigenvalue weighted by atomic mass is 16.6. The molecule has 0 saturated carbocycles. The third-order valence-corrected chi connectivity index (χ3v) is 3.62. The van der Waals surface area contributed by atoms with E-state index in [9.17, 15) is 14.9 Å². The summed E-state index contributed by atoms with van der Waals surface area (Å²) in [4.78, 5) is 28.4. The van der Waals surface area contributed by atoms with Gasteiger partial charge in [-0.15, -0.1) is 0 Å². The van der Waals surface area contributed by atoms with Crippen molar-refractivity contribution in [1.29, 1.82) is 0 Å². The fourth-order valence-electron chi connectivity index (χ4n) is 2.33. The van der Waals surface area contributed by atoms with Crippen LogP contribution in [0.2, 0.25) is 0 Å². The van der Waals surface area contributed by atoms with Crippen molar-refractivity contribution in [2.45, 2.75) is 13.8 Å². The van der Waals surface area contributed by atoms with Crippen molar-refractivity contribution in [3.05, 3.63) is 64.0 Å². The molecule has 2 rings (SSSR count). The van der Waals surface area contributed by atoms with Crippen molar-refractivity contribution in [1.82, 2.24) is 10.4 Å². The number of nitrogens with zero attached hydrogens (tertiary/aromatic N) is 4. The van der Waals surface area contributed by atoms with Gasteiger partial charge in [-0.05, 0) is 32.0 Å². The molecule has 0 aliphatic heterocycles. The lowest BCUT2D eigenvalue weighted by Gasteiger charge is -2.22. The lowest BCUT2D eigenvalue weighted by Crippen LogP contribution is -2.23. The summed E-state index contributed by atoms with van der Waals surface area (Å²) in [5.41, 5.74) is 4.12. The first kappa shape index (κ1) is 18.1. The zero-order valence-electron chi connectivity index (χ0n) is 14.0. The van der Waals surface area contributed by atoms with Gasteiger partial charge in [-0.2, -0.15) is 5.10 Å². The second-order valence-electron chi connectivity index (χ2n) is 5.11. The fraction of sp³-hybridized carbons (Fsp3) is 0.235. The molecule has 25 heavy (non-hydrogen) atoms. The minimum atomic E-state index is -0.461. The van der Waals surface area contributed by atoms with Gasteiger partial charge in [0.1, 0.15) is 0 Å². The first-order chi connectivity index (χ1) is 12.1. The smallest absolute Gasteiger partial charge is 0.272 e. The standard InChI is InChI=1S/C17H19N5O3/c1-3-21(4-2)16-8-7-15(22(24)25)10-14(16)12-19-20-17(23)13-6-5-9-18-11-13/h5-12H,3-4H2,1-2H3,(H,20,23)/b19-12-. The molecule has 8 heteroatoms. The highest BCUT2D eigenvalue weighted by Crippen LogP contribution is 2.24. The summed E-state index contributed by atoms with van der Waals surface area (Å²) in [6, 6.07) is 7.85. The second kappa shape index (κ2) is 8.53. The van der Waals surface area contributed by atoms with Crippen LogP contribution in [0.25, 0.3) is 0 Å². The van der Waals surface area contributed by atoms with Crippen LogP contribution in [0.4, 0.5) is 11.4 Å². The number of benzene rings is 1. The normalized spacial score (nSPS) is 10.6. The van der Waals surface area contributed by atoms with Gasteiger partial charge in [0.2, 0.25) is 0 Å². The largest absolute Gasteiger partial charge is 0.372 e. The van der Waals surface area contributed by atoms with Crippen molar-refractivity contribution in [2.24, 2.45) is 5.10 Å². The molecule has 0 aliphatic carbocycles. The van der Waals surface area contributed by atoms with E-state index in [0.29, 0.717) is 11.1 Å². The Morgan fingerprint density at radius 1 is 1.36 bits per heavy atom. The van der Waals surface area contributed by atoms with Gasteiger partial charge in [0, 0.05) is 48.9 Å². The summed E-state index contributed by atoms with van der Waals surface area (Å²) in [6.45, 7) is 5.49. The number of hydrogen-bond acceptors (Lipinski definition) is 6. The van der Waals surface area contributed by atoms with E-state index in [1.54, 1.807) is 24.4 Å². The topological polar surface area (TPSA) is 101 Å². The van der Waals surface area contributed by atoms with E-state index in [4.69, 9.17) is 0 Å². The van der Waals surface area contributed by atoms with Gasteiger partial charge in [-0.25, -0.2) is 5.43 Å². The molecule has 0 unspecified atom stereocenters. The van der Waals surface area contributed by atoms with Crippen molar-refractivity contribution in [3.8, 4) is 0 Å². The Labute approximate surface area is 145 Å². The Morgan fingerprint density at radius 2 is 2.12 bits per heavy atom. The molecule has 0 fully saturated rings. The van der Waals surface area contributed by atoms with Gasteiger partial charge in [0.25, 0.3) is 11.6 Å². The molecule has 0 spiro atoms. The number of nitro groups is 1. The fourth-order valence-corrected chi connectivity index (χ4v) is 2.33. The third-order valence-electron chi connectivity index (χ3n) is 3.62. The molecule has 0 aliphatic rings. The first-order valence-corrected chi connectivity index (χ1v) is 7.83. The number of carbonyl (C=O) groups excluding carboxylic acids is 1. The SMILES string of the molecule is CCN(CC)c1ccc([N+](=O)[O-])cc1/C=N\NC(=O)c1cccnc1. The molecule has 0 radical (unpaired) electrons. The number of amides is 1. The maximum Gasteiger partial charge on any atom is 0.272 e. The minimum absolute atomic E-state index is 0.0315. The summed E-state index contributed by atoms with van der Waals surface area (Å²) in [6.07, 6.45) is 4.41. The molecule has 0 saturated heterocycles. The van der Waals surface area contributed by atoms with E-state index < -0.39 is 10.8 Å². The monoisotopic (exact) mass is 341 g/mol. The third kappa shape index (κ3) is 4.60. The zero-order chi connectivity index (χ0) is 18.2. The predicted octanol–water partition coefficient (Wildman–Crippen LogP) is 2.60.